The van der Waals surface area contributed by atoms with Crippen molar-refractivity contribution in [2.75, 3.05) is 11.9 Å². The van der Waals surface area contributed by atoms with E-state index in [2.05, 4.69) is 16.0 Å². The number of carbonyl (C=O) groups is 1. The molecule has 3 N–H and O–H groups in total. The summed E-state index contributed by atoms with van der Waals surface area (Å²) in [7, 11) is 0. The van der Waals surface area contributed by atoms with Crippen LogP contribution in [0.15, 0.2) is 42.5 Å². The number of halogens is 3. The second kappa shape index (κ2) is 8.76. The monoisotopic (exact) mass is 419 g/mol. The van der Waals surface area contributed by atoms with Crippen LogP contribution >= 0.6 is 47.0 Å². The van der Waals surface area contributed by atoms with Gasteiger partial charge < -0.3 is 15.4 Å². The molecule has 0 heterocycles. The molecule has 0 aliphatic heterocycles. The summed E-state index contributed by atoms with van der Waals surface area (Å²) in [6, 6.07) is 13.7. The first-order valence-corrected chi connectivity index (χ1v) is 8.90. The lowest BCUT2D eigenvalue weighted by Gasteiger charge is -2.27. The van der Waals surface area contributed by atoms with Gasteiger partial charge in [0.2, 0.25) is 3.79 Å². The van der Waals surface area contributed by atoms with E-state index >= 15 is 0 Å². The summed E-state index contributed by atoms with van der Waals surface area (Å²) in [6.45, 7) is 1.86. The maximum atomic E-state index is 11.6. The van der Waals surface area contributed by atoms with E-state index in [-0.39, 0.29) is 11.7 Å². The number of anilines is 1. The largest absolute Gasteiger partial charge is 0.450 e. The molecule has 0 bridgehead atoms. The van der Waals surface area contributed by atoms with Crippen LogP contribution in [0.3, 0.4) is 0 Å². The number of carbonyl (C=O) groups excluding carboxylic acids is 1. The van der Waals surface area contributed by atoms with E-state index in [1.807, 2.05) is 42.5 Å². The minimum Gasteiger partial charge on any atom is -0.450 e. The van der Waals surface area contributed by atoms with Gasteiger partial charge in [0.25, 0.3) is 0 Å². The lowest BCUT2D eigenvalue weighted by molar-refractivity contribution is 0.147. The molecule has 0 fully saturated rings. The molecule has 0 aliphatic carbocycles. The van der Waals surface area contributed by atoms with Gasteiger partial charge in [0.05, 0.1) is 6.61 Å². The van der Waals surface area contributed by atoms with Crippen molar-refractivity contribution in [3.05, 3.63) is 42.5 Å². The molecule has 2 aromatic rings. The van der Waals surface area contributed by atoms with Crippen molar-refractivity contribution in [3.63, 3.8) is 0 Å². The Kier molecular flexibility index (Phi) is 6.95. The van der Waals surface area contributed by atoms with Gasteiger partial charge in [-0.3, -0.25) is 5.32 Å². The topological polar surface area (TPSA) is 62.4 Å². The number of amides is 1. The summed E-state index contributed by atoms with van der Waals surface area (Å²) in [6.07, 6.45) is -1.79. The molecule has 5 nitrogen and oxygen atoms in total. The molecule has 1 atom stereocenters. The number of benzene rings is 2. The first-order valence-electron chi connectivity index (χ1n) is 7.36. The van der Waals surface area contributed by atoms with Crippen molar-refractivity contribution in [2.24, 2.45) is 0 Å². The lowest BCUT2D eigenvalue weighted by atomic mass is 10.1. The number of hydrogen-bond donors (Lipinski definition) is 3. The molecular formula is C16H16Cl3N3O2S. The minimum absolute atomic E-state index is 0.184. The Labute approximate surface area is 165 Å². The number of alkyl carbamates (subject to hydrolysis) is 1. The molecule has 0 aromatic heterocycles. The second-order valence-electron chi connectivity index (χ2n) is 5.00. The van der Waals surface area contributed by atoms with Crippen LogP contribution in [0.4, 0.5) is 10.5 Å². The van der Waals surface area contributed by atoms with Crippen LogP contribution < -0.4 is 16.0 Å². The predicted octanol–water partition coefficient (Wildman–Crippen LogP) is 4.57. The highest BCUT2D eigenvalue weighted by atomic mass is 35.6. The molecule has 25 heavy (non-hydrogen) atoms. The summed E-state index contributed by atoms with van der Waals surface area (Å²) in [5, 5.41) is 10.5. The Morgan fingerprint density at radius 3 is 2.48 bits per heavy atom. The van der Waals surface area contributed by atoms with Gasteiger partial charge in [-0.05, 0) is 42.0 Å². The standard InChI is InChI=1S/C16H16Cl3N3O2S/c1-2-24-15(23)22-13(16(17,18)19)21-14(25)20-12-8-7-10-5-3-4-6-11(10)9-12/h3-9,13H,2H2,1H3,(H,22,23)(H2,20,21,25)/t13-/m1/s1. The van der Waals surface area contributed by atoms with Crippen LogP contribution in [-0.4, -0.2) is 27.8 Å². The Morgan fingerprint density at radius 2 is 1.84 bits per heavy atom. The number of fused-ring (bicyclic) bond motifs is 1. The highest BCUT2D eigenvalue weighted by Gasteiger charge is 2.35. The van der Waals surface area contributed by atoms with Crippen molar-refractivity contribution in [1.29, 1.82) is 0 Å². The van der Waals surface area contributed by atoms with Crippen molar-refractivity contribution in [1.82, 2.24) is 10.6 Å². The van der Waals surface area contributed by atoms with E-state index < -0.39 is 16.1 Å². The molecule has 0 unspecified atom stereocenters. The van der Waals surface area contributed by atoms with Crippen LogP contribution in [0, 0.1) is 0 Å². The molecule has 134 valence electrons. The number of alkyl halides is 3. The zero-order chi connectivity index (χ0) is 18.4. The smallest absolute Gasteiger partial charge is 0.408 e. The Hall–Kier alpha value is -1.47. The van der Waals surface area contributed by atoms with E-state index in [9.17, 15) is 4.79 Å². The fourth-order valence-electron chi connectivity index (χ4n) is 2.06. The van der Waals surface area contributed by atoms with E-state index in [1.165, 1.54) is 0 Å². The summed E-state index contributed by atoms with van der Waals surface area (Å²) in [5.74, 6) is 0. The van der Waals surface area contributed by atoms with Crippen LogP contribution in [-0.2, 0) is 4.74 Å². The van der Waals surface area contributed by atoms with E-state index in [0.29, 0.717) is 0 Å². The molecule has 0 radical (unpaired) electrons. The van der Waals surface area contributed by atoms with Gasteiger partial charge >= 0.3 is 6.09 Å². The van der Waals surface area contributed by atoms with Crippen LogP contribution in [0.5, 0.6) is 0 Å². The zero-order valence-electron chi connectivity index (χ0n) is 13.2. The Balaban J connectivity index is 2.05. The number of hydrogen-bond acceptors (Lipinski definition) is 3. The Bertz CT molecular complexity index is 768. The van der Waals surface area contributed by atoms with E-state index in [1.54, 1.807) is 6.92 Å². The zero-order valence-corrected chi connectivity index (χ0v) is 16.3. The number of ether oxygens (including phenoxy) is 1. The van der Waals surface area contributed by atoms with Crippen molar-refractivity contribution >= 4 is 74.7 Å². The number of thiocarbonyl (C=S) groups is 1. The van der Waals surface area contributed by atoms with Gasteiger partial charge in [0.1, 0.15) is 0 Å². The maximum absolute atomic E-state index is 11.6. The van der Waals surface area contributed by atoms with Crippen molar-refractivity contribution in [2.45, 2.75) is 16.9 Å². The lowest BCUT2D eigenvalue weighted by Crippen LogP contribution is -2.56. The molecular weight excluding hydrogens is 405 g/mol. The summed E-state index contributed by atoms with van der Waals surface area (Å²) < 4.78 is 2.95. The first-order chi connectivity index (χ1) is 11.8. The van der Waals surface area contributed by atoms with Gasteiger partial charge in [-0.15, -0.1) is 0 Å². The maximum Gasteiger partial charge on any atom is 0.408 e. The molecule has 2 aromatic carbocycles. The summed E-state index contributed by atoms with van der Waals surface area (Å²) in [5.41, 5.74) is 0.760. The van der Waals surface area contributed by atoms with Crippen LogP contribution in [0.1, 0.15) is 6.92 Å². The molecule has 0 aliphatic rings. The fourth-order valence-corrected chi connectivity index (χ4v) is 2.62. The number of nitrogens with one attached hydrogen (secondary N) is 3. The van der Waals surface area contributed by atoms with E-state index in [0.717, 1.165) is 16.5 Å². The third-order valence-corrected chi connectivity index (χ3v) is 4.02. The Morgan fingerprint density at radius 1 is 1.16 bits per heavy atom. The second-order valence-corrected chi connectivity index (χ2v) is 7.78. The van der Waals surface area contributed by atoms with Gasteiger partial charge in [0, 0.05) is 5.69 Å². The average molecular weight is 421 g/mol. The van der Waals surface area contributed by atoms with Crippen molar-refractivity contribution in [3.8, 4) is 0 Å². The van der Waals surface area contributed by atoms with Gasteiger partial charge in [0.15, 0.2) is 11.3 Å². The molecule has 0 saturated heterocycles. The quantitative estimate of drug-likeness (QED) is 0.384. The summed E-state index contributed by atoms with van der Waals surface area (Å²) in [4.78, 5) is 11.6. The van der Waals surface area contributed by atoms with E-state index in [4.69, 9.17) is 51.8 Å². The number of rotatable bonds is 4. The predicted molar refractivity (Wildman–Crippen MR) is 108 cm³/mol. The first kappa shape index (κ1) is 19.8. The van der Waals surface area contributed by atoms with Crippen LogP contribution in [0.25, 0.3) is 10.8 Å². The SMILES string of the molecule is CCOC(=O)N[C@@H](NC(=S)Nc1ccc2ccccc2c1)C(Cl)(Cl)Cl. The fraction of sp³-hybridized carbons (Fsp3) is 0.250. The third kappa shape index (κ3) is 6.08. The average Bonchev–Trinajstić information content (AvgIpc) is 2.53. The van der Waals surface area contributed by atoms with Crippen LogP contribution in [0.2, 0.25) is 0 Å². The highest BCUT2D eigenvalue weighted by molar-refractivity contribution is 7.80. The van der Waals surface area contributed by atoms with Gasteiger partial charge in [-0.2, -0.15) is 0 Å². The molecule has 9 heteroatoms. The molecule has 0 spiro atoms. The van der Waals surface area contributed by atoms with Gasteiger partial charge in [-0.1, -0.05) is 65.1 Å². The minimum atomic E-state index is -1.83. The van der Waals surface area contributed by atoms with Crippen molar-refractivity contribution < 1.29 is 9.53 Å². The summed E-state index contributed by atoms with van der Waals surface area (Å²) >= 11 is 22.9. The third-order valence-electron chi connectivity index (χ3n) is 3.15. The van der Waals surface area contributed by atoms with Gasteiger partial charge in [-0.25, -0.2) is 4.79 Å². The normalized spacial score (nSPS) is 12.3. The molecule has 1 amide bonds. The molecule has 0 saturated carbocycles. The molecule has 2 rings (SSSR count). The highest BCUT2D eigenvalue weighted by Crippen LogP contribution is 2.29.